The van der Waals surface area contributed by atoms with Gasteiger partial charge >= 0.3 is 0 Å². The lowest BCUT2D eigenvalue weighted by Crippen LogP contribution is -2.31. The van der Waals surface area contributed by atoms with Crippen LogP contribution in [-0.4, -0.2) is 36.7 Å². The summed E-state index contributed by atoms with van der Waals surface area (Å²) >= 11 is 1.42. The van der Waals surface area contributed by atoms with E-state index < -0.39 is 23.5 Å². The second-order valence-corrected chi connectivity index (χ2v) is 8.69. The van der Waals surface area contributed by atoms with E-state index in [1.165, 1.54) is 29.5 Å². The number of hydrogen-bond acceptors (Lipinski definition) is 5. The van der Waals surface area contributed by atoms with Crippen molar-refractivity contribution in [3.63, 3.8) is 0 Å². The minimum atomic E-state index is -0.752. The first-order valence-corrected chi connectivity index (χ1v) is 10.5. The third-order valence-corrected chi connectivity index (χ3v) is 6.84. The molecule has 1 aromatic carbocycles. The van der Waals surface area contributed by atoms with Crippen molar-refractivity contribution < 1.29 is 23.0 Å². The fraction of sp³-hybridized carbons (Fsp3) is 0.429. The number of nitrogens with zero attached hydrogens (tertiary/aromatic N) is 1. The van der Waals surface area contributed by atoms with Crippen molar-refractivity contribution in [1.29, 1.82) is 0 Å². The molecule has 1 atom stereocenters. The molecule has 1 saturated heterocycles. The third-order valence-electron chi connectivity index (χ3n) is 5.69. The van der Waals surface area contributed by atoms with Crippen LogP contribution >= 0.6 is 11.3 Å². The Morgan fingerprint density at radius 3 is 2.66 bits per heavy atom. The van der Waals surface area contributed by atoms with E-state index in [0.717, 1.165) is 23.3 Å². The molecule has 1 aliphatic carbocycles. The quantitative estimate of drug-likeness (QED) is 0.766. The van der Waals surface area contributed by atoms with Gasteiger partial charge in [0.05, 0.1) is 24.5 Å². The Hall–Kier alpha value is -2.16. The van der Waals surface area contributed by atoms with E-state index >= 15 is 0 Å². The summed E-state index contributed by atoms with van der Waals surface area (Å²) in [6.07, 6.45) is 2.83. The number of benzene rings is 1. The van der Waals surface area contributed by atoms with E-state index in [-0.39, 0.29) is 17.2 Å². The molecule has 1 spiro atoms. The van der Waals surface area contributed by atoms with Crippen molar-refractivity contribution in [2.24, 2.45) is 4.99 Å². The van der Waals surface area contributed by atoms with Crippen LogP contribution in [0.3, 0.4) is 0 Å². The number of fused-ring (bicyclic) bond motifs is 3. The first-order chi connectivity index (χ1) is 14.0. The van der Waals surface area contributed by atoms with Crippen LogP contribution in [0.15, 0.2) is 23.2 Å². The maximum absolute atomic E-state index is 14.7. The number of ether oxygens (including phenoxy) is 2. The van der Waals surface area contributed by atoms with Gasteiger partial charge in [-0.1, -0.05) is 6.07 Å². The van der Waals surface area contributed by atoms with E-state index in [0.29, 0.717) is 36.6 Å². The molecule has 0 bridgehead atoms. The summed E-state index contributed by atoms with van der Waals surface area (Å²) in [5.41, 5.74) is 1.60. The van der Waals surface area contributed by atoms with Gasteiger partial charge in [-0.3, -0.25) is 9.79 Å². The minimum Gasteiger partial charge on any atom is -0.347 e. The highest BCUT2D eigenvalue weighted by molar-refractivity contribution is 7.17. The largest absolute Gasteiger partial charge is 0.347 e. The number of nitrogens with one attached hydrogen (secondary N) is 1. The second-order valence-electron chi connectivity index (χ2n) is 7.59. The molecular weight excluding hydrogens is 398 g/mol. The minimum absolute atomic E-state index is 0.190. The van der Waals surface area contributed by atoms with Gasteiger partial charge in [0.15, 0.2) is 5.79 Å². The topological polar surface area (TPSA) is 59.9 Å². The highest BCUT2D eigenvalue weighted by Gasteiger charge is 2.41. The van der Waals surface area contributed by atoms with E-state index in [4.69, 9.17) is 9.47 Å². The summed E-state index contributed by atoms with van der Waals surface area (Å²) in [7, 11) is 0. The number of carbonyl (C=O) groups is 1. The van der Waals surface area contributed by atoms with Crippen molar-refractivity contribution in [2.45, 2.75) is 44.4 Å². The van der Waals surface area contributed by atoms with Crippen molar-refractivity contribution in [3.05, 3.63) is 51.4 Å². The van der Waals surface area contributed by atoms with Crippen LogP contribution < -0.4 is 5.32 Å². The predicted octanol–water partition coefficient (Wildman–Crippen LogP) is 3.83. The molecule has 29 heavy (non-hydrogen) atoms. The molecule has 2 aliphatic heterocycles. The highest BCUT2D eigenvalue weighted by atomic mass is 32.1. The number of amides is 1. The second kappa shape index (κ2) is 6.97. The molecular formula is C21H20F2N2O3S. The van der Waals surface area contributed by atoms with E-state index in [9.17, 15) is 13.6 Å². The molecule has 3 heterocycles. The molecule has 5 rings (SSSR count). The predicted molar refractivity (Wildman–Crippen MR) is 106 cm³/mol. The number of carbonyl (C=O) groups excluding carboxylic acids is 1. The average Bonchev–Trinajstić information content (AvgIpc) is 3.17. The molecule has 3 aliphatic rings. The number of halogens is 2. The zero-order chi connectivity index (χ0) is 20.2. The molecule has 1 amide bonds. The third kappa shape index (κ3) is 3.10. The molecule has 8 heteroatoms. The van der Waals surface area contributed by atoms with Crippen LogP contribution in [0.2, 0.25) is 0 Å². The molecule has 1 fully saturated rings. The van der Waals surface area contributed by atoms with Crippen molar-refractivity contribution in [3.8, 4) is 0 Å². The Morgan fingerprint density at radius 1 is 1.21 bits per heavy atom. The normalized spacial score (nSPS) is 23.1. The Bertz CT molecular complexity index is 1010. The summed E-state index contributed by atoms with van der Waals surface area (Å²) in [5.74, 6) is -2.32. The Kier molecular flexibility index (Phi) is 4.53. The van der Waals surface area contributed by atoms with E-state index in [2.05, 4.69) is 10.3 Å². The van der Waals surface area contributed by atoms with E-state index in [1.54, 1.807) is 6.92 Å². The molecule has 1 aromatic heterocycles. The summed E-state index contributed by atoms with van der Waals surface area (Å²) in [4.78, 5) is 18.0. The van der Waals surface area contributed by atoms with Crippen LogP contribution in [0.25, 0.3) is 0 Å². The van der Waals surface area contributed by atoms with Crippen LogP contribution in [0, 0.1) is 11.6 Å². The van der Waals surface area contributed by atoms with Gasteiger partial charge in [-0.05, 0) is 37.5 Å². The summed E-state index contributed by atoms with van der Waals surface area (Å²) < 4.78 is 41.2. The molecule has 5 nitrogen and oxygen atoms in total. The van der Waals surface area contributed by atoms with Gasteiger partial charge in [-0.15, -0.1) is 11.3 Å². The smallest absolute Gasteiger partial charge is 0.249 e. The number of anilines is 1. The molecule has 152 valence electrons. The van der Waals surface area contributed by atoms with Crippen LogP contribution in [0.5, 0.6) is 0 Å². The highest BCUT2D eigenvalue weighted by Crippen LogP contribution is 2.44. The lowest BCUT2D eigenvalue weighted by atomic mass is 9.96. The van der Waals surface area contributed by atoms with E-state index in [1.807, 2.05) is 0 Å². The lowest BCUT2D eigenvalue weighted by Gasteiger charge is -2.25. The van der Waals surface area contributed by atoms with Gasteiger partial charge in [-0.2, -0.15) is 0 Å². The maximum Gasteiger partial charge on any atom is 0.249 e. The first kappa shape index (κ1) is 18.8. The van der Waals surface area contributed by atoms with Crippen LogP contribution in [0.1, 0.15) is 41.3 Å². The van der Waals surface area contributed by atoms with Gasteiger partial charge in [-0.25, -0.2) is 8.78 Å². The average molecular weight is 418 g/mol. The fourth-order valence-electron chi connectivity index (χ4n) is 4.32. The summed E-state index contributed by atoms with van der Waals surface area (Å²) in [6.45, 7) is 2.74. The van der Waals surface area contributed by atoms with Gasteiger partial charge < -0.3 is 14.8 Å². The van der Waals surface area contributed by atoms with Gasteiger partial charge in [0.25, 0.3) is 0 Å². The number of rotatable bonds is 1. The number of aliphatic imine (C=N–C) groups is 1. The number of hydrogen-bond donors (Lipinski definition) is 1. The Labute approximate surface area is 170 Å². The van der Waals surface area contributed by atoms with Crippen molar-refractivity contribution >= 4 is 28.0 Å². The van der Waals surface area contributed by atoms with Gasteiger partial charge in [0.2, 0.25) is 5.91 Å². The summed E-state index contributed by atoms with van der Waals surface area (Å²) in [6, 6.07) is 3.00. The van der Waals surface area contributed by atoms with Crippen LogP contribution in [0.4, 0.5) is 13.8 Å². The fourth-order valence-corrected chi connectivity index (χ4v) is 5.66. The van der Waals surface area contributed by atoms with Gasteiger partial charge in [0, 0.05) is 23.3 Å². The van der Waals surface area contributed by atoms with Crippen molar-refractivity contribution in [2.75, 3.05) is 18.5 Å². The standard InChI is InChI=1S/C21H20F2N2O3S/c1-11-19(26)25-20-16(18(24-11)17-13(22)5-2-6-14(17)23)12-4-3-7-21(10-15(12)29-20)27-8-9-28-21/h2,5-6,11H,3-4,7-10H2,1H3,(H,25,26)/t11-/m0/s1. The molecule has 2 aromatic rings. The maximum atomic E-state index is 14.7. The zero-order valence-corrected chi connectivity index (χ0v) is 16.7. The number of thiophene rings is 1. The monoisotopic (exact) mass is 418 g/mol. The molecule has 0 saturated carbocycles. The summed E-state index contributed by atoms with van der Waals surface area (Å²) in [5, 5.41) is 3.49. The molecule has 0 radical (unpaired) electrons. The lowest BCUT2D eigenvalue weighted by molar-refractivity contribution is -0.159. The Morgan fingerprint density at radius 2 is 1.93 bits per heavy atom. The first-order valence-electron chi connectivity index (χ1n) is 9.73. The molecule has 1 N–H and O–H groups in total. The zero-order valence-electron chi connectivity index (χ0n) is 15.9. The Balaban J connectivity index is 1.71. The van der Waals surface area contributed by atoms with Gasteiger partial charge in [0.1, 0.15) is 22.7 Å². The SMILES string of the molecule is C[C@@H]1N=C(c2c(F)cccc2F)c2c(sc3c2CCCC2(C3)OCCO2)NC1=O. The van der Waals surface area contributed by atoms with Crippen molar-refractivity contribution in [1.82, 2.24) is 0 Å². The van der Waals surface area contributed by atoms with Crippen LogP contribution in [-0.2, 0) is 27.1 Å². The molecule has 0 unspecified atom stereocenters.